The molecule has 0 unspecified atom stereocenters. The van der Waals surface area contributed by atoms with Crippen molar-refractivity contribution in [2.75, 3.05) is 69.0 Å². The number of hydrogen-bond acceptors (Lipinski definition) is 9. The lowest BCUT2D eigenvalue weighted by Gasteiger charge is -2.42. The number of hydrogen-bond donors (Lipinski definition) is 1. The quantitative estimate of drug-likeness (QED) is 0.304. The molecular weight excluding hydrogens is 577 g/mol. The topological polar surface area (TPSA) is 94.8 Å². The minimum atomic E-state index is -2.40. The van der Waals surface area contributed by atoms with Gasteiger partial charge in [-0.1, -0.05) is 6.07 Å². The third-order valence-electron chi connectivity index (χ3n) is 8.92. The highest BCUT2D eigenvalue weighted by Gasteiger charge is 2.34. The van der Waals surface area contributed by atoms with Crippen molar-refractivity contribution in [1.82, 2.24) is 29.3 Å². The van der Waals surface area contributed by atoms with E-state index in [9.17, 15) is 4.21 Å². The molecule has 0 amide bonds. The summed E-state index contributed by atoms with van der Waals surface area (Å²) < 4.78 is 34.1. The first-order valence-electron chi connectivity index (χ1n) is 15.5. The Kier molecular flexibility index (Phi) is 7.75. The van der Waals surface area contributed by atoms with E-state index in [1.54, 1.807) is 41.5 Å². The number of piperazine rings is 1. The molecular formula is C32H40FN9OS. The molecule has 5 heterocycles. The van der Waals surface area contributed by atoms with Gasteiger partial charge in [0.1, 0.15) is 5.82 Å². The van der Waals surface area contributed by atoms with E-state index >= 15 is 4.39 Å². The fraction of sp³-hybridized carbons (Fsp3) is 0.469. The smallest absolute Gasteiger partial charge is 0.229 e. The van der Waals surface area contributed by atoms with Crippen LogP contribution in [0.15, 0.2) is 53.0 Å². The van der Waals surface area contributed by atoms with Gasteiger partial charge in [-0.2, -0.15) is 9.35 Å². The van der Waals surface area contributed by atoms with Gasteiger partial charge >= 0.3 is 0 Å². The summed E-state index contributed by atoms with van der Waals surface area (Å²) in [5.74, 6) is 1.01. The maximum Gasteiger partial charge on any atom is 0.229 e. The van der Waals surface area contributed by atoms with Crippen LogP contribution in [0, 0.1) is 5.82 Å². The number of benzene rings is 1. The Morgan fingerprint density at radius 3 is 2.34 bits per heavy atom. The van der Waals surface area contributed by atoms with Gasteiger partial charge in [0, 0.05) is 91.0 Å². The lowest BCUT2D eigenvalue weighted by molar-refractivity contribution is 0.0982. The molecule has 0 radical (unpaired) electrons. The van der Waals surface area contributed by atoms with Crippen molar-refractivity contribution in [2.45, 2.75) is 37.6 Å². The van der Waals surface area contributed by atoms with Crippen LogP contribution >= 0.6 is 0 Å². The largest absolute Gasteiger partial charge is 0.371 e. The summed E-state index contributed by atoms with van der Waals surface area (Å²) in [6.45, 7) is 6.80. The number of fused-ring (bicyclic) bond motifs is 1. The predicted molar refractivity (Wildman–Crippen MR) is 175 cm³/mol. The summed E-state index contributed by atoms with van der Waals surface area (Å²) >= 11 is 0. The Balaban J connectivity index is 1.10. The van der Waals surface area contributed by atoms with Crippen LogP contribution < -0.4 is 10.2 Å². The summed E-state index contributed by atoms with van der Waals surface area (Å²) in [5, 5.41) is 3.66. The van der Waals surface area contributed by atoms with Crippen LogP contribution in [0.3, 0.4) is 0 Å². The molecule has 0 atom stereocenters. The van der Waals surface area contributed by atoms with Crippen molar-refractivity contribution in [3.63, 3.8) is 0 Å². The number of piperidine rings is 1. The van der Waals surface area contributed by atoms with Crippen molar-refractivity contribution in [3.05, 3.63) is 60.2 Å². The number of pyridine rings is 1. The number of nitrogens with zero attached hydrogens (tertiary/aromatic N) is 8. The SMILES string of the molecule is CN1CCN(C2CCN(c3ccc(Nc4ncc5c(F)c(C6CC6)n(-c6cccc(N=S(C)(C)=O)n6)c5n4)cc3)CC2)CC1. The van der Waals surface area contributed by atoms with Crippen LogP contribution in [0.1, 0.15) is 37.3 Å². The first-order valence-corrected chi connectivity index (χ1v) is 17.8. The Labute approximate surface area is 258 Å². The minimum absolute atomic E-state index is 0.101. The average molecular weight is 618 g/mol. The van der Waals surface area contributed by atoms with E-state index in [0.717, 1.165) is 44.7 Å². The van der Waals surface area contributed by atoms with Gasteiger partial charge in [0.2, 0.25) is 5.95 Å². The maximum atomic E-state index is 15.7. The van der Waals surface area contributed by atoms with E-state index in [4.69, 9.17) is 4.98 Å². The number of nitrogens with one attached hydrogen (secondary N) is 1. The van der Waals surface area contributed by atoms with Crippen LogP contribution in [0.4, 0.5) is 27.5 Å². The molecule has 0 bridgehead atoms. The third kappa shape index (κ3) is 6.15. The van der Waals surface area contributed by atoms with Gasteiger partial charge in [0.25, 0.3) is 0 Å². The van der Waals surface area contributed by atoms with Crippen LogP contribution in [0.2, 0.25) is 0 Å². The molecule has 1 saturated carbocycles. The van der Waals surface area contributed by atoms with Crippen molar-refractivity contribution in [2.24, 2.45) is 4.36 Å². The molecule has 4 aromatic rings. The fourth-order valence-corrected chi connectivity index (χ4v) is 6.98. The molecule has 7 rings (SSSR count). The number of likely N-dealkylation sites (N-methyl/N-ethyl adjacent to an activating group) is 1. The average Bonchev–Trinajstić information content (AvgIpc) is 3.81. The van der Waals surface area contributed by atoms with E-state index in [0.29, 0.717) is 40.4 Å². The number of anilines is 3. The van der Waals surface area contributed by atoms with Crippen LogP contribution in [-0.2, 0) is 9.73 Å². The molecule has 1 N–H and O–H groups in total. The Bertz CT molecular complexity index is 1770. The van der Waals surface area contributed by atoms with Crippen LogP contribution in [0.25, 0.3) is 16.9 Å². The number of aromatic nitrogens is 4. The fourth-order valence-electron chi connectivity index (χ4n) is 6.43. The zero-order chi connectivity index (χ0) is 30.4. The predicted octanol–water partition coefficient (Wildman–Crippen LogP) is 5.15. The molecule has 3 aromatic heterocycles. The first-order chi connectivity index (χ1) is 21.2. The van der Waals surface area contributed by atoms with Gasteiger partial charge < -0.3 is 15.1 Å². The third-order valence-corrected chi connectivity index (χ3v) is 9.54. The highest BCUT2D eigenvalue weighted by Crippen LogP contribution is 2.45. The Morgan fingerprint density at radius 2 is 1.66 bits per heavy atom. The van der Waals surface area contributed by atoms with Gasteiger partial charge in [-0.05, 0) is 69.1 Å². The van der Waals surface area contributed by atoms with Crippen molar-refractivity contribution in [3.8, 4) is 5.82 Å². The zero-order valence-electron chi connectivity index (χ0n) is 25.6. The summed E-state index contributed by atoms with van der Waals surface area (Å²) in [5.41, 5.74) is 3.08. The molecule has 12 heteroatoms. The van der Waals surface area contributed by atoms with Gasteiger partial charge in [-0.3, -0.25) is 9.47 Å². The van der Waals surface area contributed by atoms with Crippen molar-refractivity contribution in [1.29, 1.82) is 0 Å². The molecule has 3 fully saturated rings. The molecule has 1 aliphatic carbocycles. The Hall–Kier alpha value is -3.61. The van der Waals surface area contributed by atoms with Crippen LogP contribution in [-0.4, -0.2) is 98.4 Å². The minimum Gasteiger partial charge on any atom is -0.371 e. The van der Waals surface area contributed by atoms with Gasteiger partial charge in [0.05, 0.1) is 11.1 Å². The Morgan fingerprint density at radius 1 is 0.932 bits per heavy atom. The van der Waals surface area contributed by atoms with Gasteiger partial charge in [-0.25, -0.2) is 18.6 Å². The summed E-state index contributed by atoms with van der Waals surface area (Å²) in [4.78, 5) is 21.4. The van der Waals surface area contributed by atoms with Crippen molar-refractivity contribution >= 4 is 43.9 Å². The number of rotatable bonds is 7. The van der Waals surface area contributed by atoms with Crippen molar-refractivity contribution < 1.29 is 8.60 Å². The van der Waals surface area contributed by atoms with E-state index in [-0.39, 0.29) is 11.7 Å². The van der Waals surface area contributed by atoms with Gasteiger partial charge in [0.15, 0.2) is 17.3 Å². The number of halogens is 1. The molecule has 232 valence electrons. The zero-order valence-corrected chi connectivity index (χ0v) is 26.4. The van der Waals surface area contributed by atoms with E-state index in [2.05, 4.69) is 53.5 Å². The standard InChI is InChI=1S/C32H40FN9OS/c1-39-17-19-41(20-18-39)25-13-15-40(16-14-25)24-11-9-23(10-12-24)35-32-34-21-26-29(33)30(22-7-8-22)42(31(26)37-32)28-6-4-5-27(36-28)38-44(2,3)43/h4-6,9-12,21-22,25H,7-8,13-20H2,1-3H3,(H,34,35,37). The van der Waals surface area contributed by atoms with Crippen LogP contribution in [0.5, 0.6) is 0 Å². The summed E-state index contributed by atoms with van der Waals surface area (Å²) in [6, 6.07) is 14.4. The second-order valence-corrected chi connectivity index (χ2v) is 15.1. The normalized spacial score (nSPS) is 19.0. The van der Waals surface area contributed by atoms with E-state index < -0.39 is 9.73 Å². The monoisotopic (exact) mass is 617 g/mol. The highest BCUT2D eigenvalue weighted by molar-refractivity contribution is 7.92. The van der Waals surface area contributed by atoms with E-state index in [1.807, 2.05) is 12.1 Å². The van der Waals surface area contributed by atoms with E-state index in [1.165, 1.54) is 31.6 Å². The lowest BCUT2D eigenvalue weighted by Crippen LogP contribution is -2.52. The lowest BCUT2D eigenvalue weighted by atomic mass is 10.0. The molecule has 0 spiro atoms. The molecule has 44 heavy (non-hydrogen) atoms. The highest BCUT2D eigenvalue weighted by atomic mass is 32.2. The summed E-state index contributed by atoms with van der Waals surface area (Å²) in [7, 11) is -0.193. The molecule has 10 nitrogen and oxygen atoms in total. The molecule has 2 saturated heterocycles. The van der Waals surface area contributed by atoms with Gasteiger partial charge in [-0.15, -0.1) is 0 Å². The second kappa shape index (κ2) is 11.7. The maximum absolute atomic E-state index is 15.7. The molecule has 1 aromatic carbocycles. The molecule has 2 aliphatic heterocycles. The first kappa shape index (κ1) is 29.1. The molecule has 3 aliphatic rings. The second-order valence-electron chi connectivity index (χ2n) is 12.6. The summed E-state index contributed by atoms with van der Waals surface area (Å²) in [6.07, 6.45) is 8.88.